The number of nitrogens with one attached hydrogen (secondary N) is 1. The maximum absolute atomic E-state index is 13.9. The van der Waals surface area contributed by atoms with Crippen LogP contribution in [0.4, 0.5) is 0 Å². The van der Waals surface area contributed by atoms with Gasteiger partial charge in [-0.3, -0.25) is 18.2 Å². The van der Waals surface area contributed by atoms with Crippen molar-refractivity contribution in [1.29, 1.82) is 0 Å². The lowest BCUT2D eigenvalue weighted by Gasteiger charge is -2.38. The van der Waals surface area contributed by atoms with Gasteiger partial charge in [-0.2, -0.15) is 0 Å². The van der Waals surface area contributed by atoms with Gasteiger partial charge in [-0.05, 0) is 87.8 Å². The smallest absolute Gasteiger partial charge is 0.460 e. The van der Waals surface area contributed by atoms with Crippen LogP contribution in [0.3, 0.4) is 0 Å². The first-order valence-electron chi connectivity index (χ1n) is 15.3. The minimum atomic E-state index is -4.15. The van der Waals surface area contributed by atoms with Crippen LogP contribution in [-0.4, -0.2) is 32.4 Å². The van der Waals surface area contributed by atoms with Gasteiger partial charge in [0.05, 0.1) is 12.0 Å². The molecule has 0 heterocycles. The highest BCUT2D eigenvalue weighted by atomic mass is 31.2. The first-order chi connectivity index (χ1) is 20.9. The second kappa shape index (κ2) is 15.3. The molecule has 0 radical (unpaired) electrons. The lowest BCUT2D eigenvalue weighted by atomic mass is 9.77. The van der Waals surface area contributed by atoms with E-state index in [-0.39, 0.29) is 22.8 Å². The average molecular weight is 714 g/mol. The lowest BCUT2D eigenvalue weighted by Crippen LogP contribution is -2.42. The largest absolute Gasteiger partial charge is 0.535 e. The van der Waals surface area contributed by atoms with E-state index in [0.29, 0.717) is 24.2 Å². The van der Waals surface area contributed by atoms with Gasteiger partial charge >= 0.3 is 13.8 Å². The predicted octanol–water partition coefficient (Wildman–Crippen LogP) is 9.03. The van der Waals surface area contributed by atoms with E-state index >= 15 is 0 Å². The average Bonchev–Trinajstić information content (AvgIpc) is 2.91. The van der Waals surface area contributed by atoms with E-state index in [2.05, 4.69) is 39.2 Å². The highest BCUT2D eigenvalue weighted by Gasteiger charge is 2.39. The Hall–Kier alpha value is -1.63. The number of ether oxygens (including phenoxy) is 1. The number of benzene rings is 2. The monoisotopic (exact) mass is 713 g/mol. The highest BCUT2D eigenvalue weighted by Crippen LogP contribution is 2.55. The minimum Gasteiger partial charge on any atom is -0.460 e. The molecule has 0 aliphatic heterocycles. The molecule has 0 aliphatic rings. The molecule has 9 nitrogen and oxygen atoms in total. The number of carbonyl (C=O) groups is 2. The molecule has 258 valence electrons. The van der Waals surface area contributed by atoms with Crippen molar-refractivity contribution >= 4 is 47.0 Å². The van der Waals surface area contributed by atoms with Crippen molar-refractivity contribution in [2.24, 2.45) is 0 Å². The Morgan fingerprint density at radius 2 is 1.46 bits per heavy atom. The Balaban J connectivity index is 2.74. The predicted molar refractivity (Wildman–Crippen MR) is 194 cm³/mol. The van der Waals surface area contributed by atoms with Crippen molar-refractivity contribution in [2.45, 2.75) is 117 Å². The van der Waals surface area contributed by atoms with E-state index in [4.69, 9.17) is 22.3 Å². The molecule has 0 aromatic heterocycles. The summed E-state index contributed by atoms with van der Waals surface area (Å²) in [5.74, 6) is -0.805. The molecular formula is C33H54NO8P3Si. The van der Waals surface area contributed by atoms with Crippen LogP contribution in [0.1, 0.15) is 103 Å². The van der Waals surface area contributed by atoms with E-state index < -0.39 is 44.6 Å². The van der Waals surface area contributed by atoms with Crippen molar-refractivity contribution in [2.75, 3.05) is 6.61 Å². The fraction of sp³-hybridized carbons (Fsp3) is 0.576. The summed E-state index contributed by atoms with van der Waals surface area (Å²) in [6, 6.07) is 12.8. The Morgan fingerprint density at radius 3 is 1.96 bits per heavy atom. The van der Waals surface area contributed by atoms with Crippen molar-refractivity contribution in [3.05, 3.63) is 64.7 Å². The maximum atomic E-state index is 13.9. The molecule has 1 amide bonds. The van der Waals surface area contributed by atoms with Gasteiger partial charge in [0.1, 0.15) is 11.4 Å². The number of amides is 1. The van der Waals surface area contributed by atoms with Crippen molar-refractivity contribution in [3.63, 3.8) is 0 Å². The second-order valence-corrected chi connectivity index (χ2v) is 22.8. The molecule has 2 rings (SSSR count). The van der Waals surface area contributed by atoms with Gasteiger partial charge in [-0.15, -0.1) is 0 Å². The van der Waals surface area contributed by atoms with E-state index in [9.17, 15) is 14.2 Å². The normalized spacial score (nSPS) is 13.3. The number of rotatable bonds is 14. The van der Waals surface area contributed by atoms with Gasteiger partial charge < -0.3 is 19.0 Å². The Kier molecular flexibility index (Phi) is 13.5. The van der Waals surface area contributed by atoms with Crippen LogP contribution in [0.5, 0.6) is 5.75 Å². The van der Waals surface area contributed by atoms with Crippen LogP contribution in [-0.2, 0) is 44.5 Å². The zero-order chi connectivity index (χ0) is 35.4. The first-order valence-corrected chi connectivity index (χ1v) is 20.7. The topological polar surface area (TPSA) is 109 Å². The Morgan fingerprint density at radius 1 is 0.891 bits per heavy atom. The van der Waals surface area contributed by atoms with Crippen LogP contribution >= 0.6 is 26.8 Å². The van der Waals surface area contributed by atoms with Crippen LogP contribution in [0.15, 0.2) is 42.5 Å². The zero-order valence-corrected chi connectivity index (χ0v) is 33.7. The lowest BCUT2D eigenvalue weighted by molar-refractivity contribution is -0.153. The number of hydrogen-bond donors (Lipinski definition) is 1. The molecule has 0 saturated heterocycles. The van der Waals surface area contributed by atoms with Gasteiger partial charge in [0.25, 0.3) is 5.91 Å². The molecule has 0 aliphatic carbocycles. The quantitative estimate of drug-likeness (QED) is 0.117. The number of hydrogen-bond acceptors (Lipinski definition) is 8. The fourth-order valence-electron chi connectivity index (χ4n) is 4.69. The summed E-state index contributed by atoms with van der Waals surface area (Å²) in [6.07, 6.45) is 0.379. The molecule has 0 spiro atoms. The Bertz CT molecular complexity index is 1410. The first kappa shape index (κ1) is 40.5. The molecule has 13 heteroatoms. The minimum absolute atomic E-state index is 0.0225. The molecule has 2 unspecified atom stereocenters. The molecule has 2 atom stereocenters. The molecule has 1 N–H and O–H groups in total. The summed E-state index contributed by atoms with van der Waals surface area (Å²) in [5.41, 5.74) is 0.0322. The van der Waals surface area contributed by atoms with Gasteiger partial charge in [0.15, 0.2) is 8.32 Å². The summed E-state index contributed by atoms with van der Waals surface area (Å²) in [6.45, 7) is 24.5. The van der Waals surface area contributed by atoms with Gasteiger partial charge in [0.2, 0.25) is 0 Å². The number of esters is 1. The molecule has 0 bridgehead atoms. The third-order valence-corrected chi connectivity index (χ3v) is 15.3. The van der Waals surface area contributed by atoms with E-state index in [1.807, 2.05) is 77.0 Å². The third kappa shape index (κ3) is 11.2. The maximum Gasteiger partial charge on any atom is 0.535 e. The van der Waals surface area contributed by atoms with Gasteiger partial charge in [-0.1, -0.05) is 65.0 Å². The summed E-state index contributed by atoms with van der Waals surface area (Å²) in [7, 11) is -2.41. The standard InChI is InChI=1S/C33H54NO8P3Si/c1-30(2,3)39-27(35)22-23-20-24(29(36)34-33(9,10)25-16-14-13-15-17-25)21-26(40-45(37,41-43)42-44)28(23)32(7,8)18-19-38-46(11,12)31(4,5)6/h13-17,20-21H,18-19,22,43-44H2,1-12H3,(H,34,36). The SMILES string of the molecule is CC(C)(C)OC(=O)Cc1cc(C(=O)NC(C)(C)c2ccccc2)cc(OP(=O)(OP)OP)c1C(C)(C)CCO[Si](C)(C)C(C)(C)C. The summed E-state index contributed by atoms with van der Waals surface area (Å²) >= 11 is 0. The van der Waals surface area contributed by atoms with Crippen molar-refractivity contribution < 1.29 is 36.5 Å². The van der Waals surface area contributed by atoms with Crippen molar-refractivity contribution in [1.82, 2.24) is 5.32 Å². The zero-order valence-electron chi connectivity index (χ0n) is 29.5. The van der Waals surface area contributed by atoms with Gasteiger partial charge in [-0.25, -0.2) is 4.57 Å². The fourth-order valence-corrected chi connectivity index (χ4v) is 7.11. The van der Waals surface area contributed by atoms with Crippen LogP contribution in [0.2, 0.25) is 18.1 Å². The van der Waals surface area contributed by atoms with Crippen molar-refractivity contribution in [3.8, 4) is 5.75 Å². The molecule has 2 aromatic carbocycles. The third-order valence-electron chi connectivity index (χ3n) is 8.26. The number of phosphoric acid groups is 1. The molecule has 2 aromatic rings. The Labute approximate surface area is 281 Å². The summed E-state index contributed by atoms with van der Waals surface area (Å²) < 4.78 is 41.6. The van der Waals surface area contributed by atoms with E-state index in [0.717, 1.165) is 5.56 Å². The highest BCUT2D eigenvalue weighted by molar-refractivity contribution is 7.57. The molecule has 0 fully saturated rings. The number of carbonyl (C=O) groups excluding carboxylic acids is 2. The van der Waals surface area contributed by atoms with E-state index in [1.54, 1.807) is 26.8 Å². The second-order valence-electron chi connectivity index (χ2n) is 15.2. The molecule has 46 heavy (non-hydrogen) atoms. The summed E-state index contributed by atoms with van der Waals surface area (Å²) in [4.78, 5) is 27.1. The molecular weight excluding hydrogens is 659 g/mol. The van der Waals surface area contributed by atoms with E-state index in [1.165, 1.54) is 6.07 Å². The van der Waals surface area contributed by atoms with Crippen LogP contribution in [0.25, 0.3) is 0 Å². The van der Waals surface area contributed by atoms with Crippen LogP contribution in [0, 0.1) is 0 Å². The van der Waals surface area contributed by atoms with Gasteiger partial charge in [0, 0.05) is 36.7 Å². The molecule has 0 saturated carbocycles. The van der Waals surface area contributed by atoms with Crippen LogP contribution < -0.4 is 9.84 Å². The summed E-state index contributed by atoms with van der Waals surface area (Å²) in [5, 5.41) is 3.11.